The second kappa shape index (κ2) is 7.51. The highest BCUT2D eigenvalue weighted by Gasteiger charge is 2.12. The molecular formula is C18H21N5S. The summed E-state index contributed by atoms with van der Waals surface area (Å²) >= 11 is 1.53. The predicted molar refractivity (Wildman–Crippen MR) is 97.4 cm³/mol. The van der Waals surface area contributed by atoms with Crippen LogP contribution in [0.1, 0.15) is 27.7 Å². The smallest absolute Gasteiger partial charge is 0.180 e. The van der Waals surface area contributed by atoms with Gasteiger partial charge in [0.1, 0.15) is 0 Å². The number of aryl methyl sites for hydroxylation is 2. The van der Waals surface area contributed by atoms with Crippen molar-refractivity contribution in [2.24, 2.45) is 0 Å². The molecule has 0 atom stereocenters. The molecule has 3 rings (SSSR count). The highest BCUT2D eigenvalue weighted by molar-refractivity contribution is 7.15. The Hall–Kier alpha value is -2.31. The normalized spacial score (nSPS) is 11.1. The van der Waals surface area contributed by atoms with Gasteiger partial charge in [0, 0.05) is 42.1 Å². The van der Waals surface area contributed by atoms with Crippen molar-refractivity contribution in [3.8, 4) is 0 Å². The van der Waals surface area contributed by atoms with E-state index in [0.29, 0.717) is 5.13 Å². The number of hydrogen-bond acceptors (Lipinski definition) is 6. The lowest BCUT2D eigenvalue weighted by molar-refractivity contribution is 0.243. The van der Waals surface area contributed by atoms with E-state index in [1.165, 1.54) is 11.3 Å². The molecule has 0 spiro atoms. The van der Waals surface area contributed by atoms with E-state index in [9.17, 15) is 0 Å². The molecule has 0 radical (unpaired) electrons. The first kappa shape index (κ1) is 16.5. The molecule has 0 aliphatic heterocycles. The number of nitrogens with two attached hydrogens (primary N) is 1. The van der Waals surface area contributed by atoms with Crippen LogP contribution in [0.15, 0.2) is 42.6 Å². The number of nitrogen functional groups attached to an aromatic ring is 1. The Morgan fingerprint density at radius 2 is 1.50 bits per heavy atom. The van der Waals surface area contributed by atoms with Crippen molar-refractivity contribution in [3.63, 3.8) is 0 Å². The molecule has 5 nitrogen and oxygen atoms in total. The Morgan fingerprint density at radius 1 is 0.917 bits per heavy atom. The molecule has 3 aromatic rings. The number of pyridine rings is 2. The molecule has 0 aromatic carbocycles. The van der Waals surface area contributed by atoms with E-state index >= 15 is 0 Å². The lowest BCUT2D eigenvalue weighted by atomic mass is 10.2. The van der Waals surface area contributed by atoms with Crippen molar-refractivity contribution in [1.82, 2.24) is 19.9 Å². The number of nitrogens with zero attached hydrogens (tertiary/aromatic N) is 4. The summed E-state index contributed by atoms with van der Waals surface area (Å²) in [6.45, 7) is 6.32. The molecule has 24 heavy (non-hydrogen) atoms. The fourth-order valence-electron chi connectivity index (χ4n) is 2.62. The molecule has 6 heteroatoms. The van der Waals surface area contributed by atoms with Crippen LogP contribution in [-0.4, -0.2) is 19.9 Å². The van der Waals surface area contributed by atoms with Crippen LogP contribution in [0.4, 0.5) is 5.13 Å². The number of hydrogen-bond donors (Lipinski definition) is 1. The third-order valence-electron chi connectivity index (χ3n) is 3.61. The van der Waals surface area contributed by atoms with Gasteiger partial charge in [-0.1, -0.05) is 12.1 Å². The molecule has 0 saturated heterocycles. The molecule has 0 bridgehead atoms. The third-order valence-corrected chi connectivity index (χ3v) is 4.43. The molecule has 0 fully saturated rings. The molecular weight excluding hydrogens is 318 g/mol. The van der Waals surface area contributed by atoms with Crippen LogP contribution < -0.4 is 5.73 Å². The molecule has 3 aromatic heterocycles. The van der Waals surface area contributed by atoms with Crippen molar-refractivity contribution >= 4 is 16.5 Å². The summed E-state index contributed by atoms with van der Waals surface area (Å²) in [5.41, 5.74) is 9.94. The minimum atomic E-state index is 0.604. The van der Waals surface area contributed by atoms with E-state index < -0.39 is 0 Å². The summed E-state index contributed by atoms with van der Waals surface area (Å²) in [5, 5.41) is 0.604. The topological polar surface area (TPSA) is 67.9 Å². The summed E-state index contributed by atoms with van der Waals surface area (Å²) in [6.07, 6.45) is 1.85. The Balaban J connectivity index is 1.79. The maximum absolute atomic E-state index is 5.76. The standard InChI is InChI=1S/C18H21N5S/c1-13-5-3-7-15(21-13)10-23(12-17-9-20-18(19)24-17)11-16-8-4-6-14(2)22-16/h3-9H,10-12H2,1-2H3,(H2,19,20). The predicted octanol–water partition coefficient (Wildman–Crippen LogP) is 3.33. The molecule has 0 aliphatic rings. The van der Waals surface area contributed by atoms with Gasteiger partial charge in [0.05, 0.1) is 11.4 Å². The number of anilines is 1. The van der Waals surface area contributed by atoms with Crippen LogP contribution in [0.25, 0.3) is 0 Å². The number of thiazole rings is 1. The fourth-order valence-corrected chi connectivity index (χ4v) is 3.34. The van der Waals surface area contributed by atoms with Crippen molar-refractivity contribution in [1.29, 1.82) is 0 Å². The Kier molecular flexibility index (Phi) is 5.17. The van der Waals surface area contributed by atoms with Crippen molar-refractivity contribution in [2.75, 3.05) is 5.73 Å². The summed E-state index contributed by atoms with van der Waals surface area (Å²) in [7, 11) is 0. The van der Waals surface area contributed by atoms with E-state index in [1.807, 2.05) is 44.3 Å². The van der Waals surface area contributed by atoms with Gasteiger partial charge in [0.15, 0.2) is 5.13 Å². The Morgan fingerprint density at radius 3 is 1.96 bits per heavy atom. The van der Waals surface area contributed by atoms with Crippen LogP contribution >= 0.6 is 11.3 Å². The van der Waals surface area contributed by atoms with Crippen molar-refractivity contribution in [3.05, 3.63) is 70.2 Å². The first-order chi connectivity index (χ1) is 11.6. The van der Waals surface area contributed by atoms with E-state index in [2.05, 4.69) is 32.0 Å². The number of aromatic nitrogens is 3. The Labute approximate surface area is 146 Å². The summed E-state index contributed by atoms with van der Waals surface area (Å²) in [4.78, 5) is 16.9. The van der Waals surface area contributed by atoms with Gasteiger partial charge in [-0.15, -0.1) is 11.3 Å². The zero-order chi connectivity index (χ0) is 16.9. The maximum Gasteiger partial charge on any atom is 0.180 e. The van der Waals surface area contributed by atoms with E-state index in [0.717, 1.165) is 47.3 Å². The van der Waals surface area contributed by atoms with Crippen LogP contribution in [0.5, 0.6) is 0 Å². The molecule has 2 N–H and O–H groups in total. The lowest BCUT2D eigenvalue weighted by Crippen LogP contribution is -2.23. The van der Waals surface area contributed by atoms with Crippen LogP contribution in [0.2, 0.25) is 0 Å². The van der Waals surface area contributed by atoms with Gasteiger partial charge in [0.25, 0.3) is 0 Å². The van der Waals surface area contributed by atoms with Gasteiger partial charge in [-0.2, -0.15) is 0 Å². The first-order valence-corrected chi connectivity index (χ1v) is 8.68. The second-order valence-electron chi connectivity index (χ2n) is 5.85. The number of rotatable bonds is 6. The first-order valence-electron chi connectivity index (χ1n) is 7.86. The lowest BCUT2D eigenvalue weighted by Gasteiger charge is -2.21. The van der Waals surface area contributed by atoms with Gasteiger partial charge >= 0.3 is 0 Å². The van der Waals surface area contributed by atoms with Crippen LogP contribution in [-0.2, 0) is 19.6 Å². The van der Waals surface area contributed by atoms with Crippen molar-refractivity contribution < 1.29 is 0 Å². The molecule has 0 aliphatic carbocycles. The Bertz CT molecular complexity index is 767. The van der Waals surface area contributed by atoms with Gasteiger partial charge < -0.3 is 5.73 Å². The average molecular weight is 339 g/mol. The van der Waals surface area contributed by atoms with Crippen molar-refractivity contribution in [2.45, 2.75) is 33.5 Å². The zero-order valence-corrected chi connectivity index (χ0v) is 14.8. The maximum atomic E-state index is 5.76. The highest BCUT2D eigenvalue weighted by Crippen LogP contribution is 2.19. The molecule has 0 amide bonds. The monoisotopic (exact) mass is 339 g/mol. The second-order valence-corrected chi connectivity index (χ2v) is 7.00. The molecule has 0 saturated carbocycles. The summed E-state index contributed by atoms with van der Waals surface area (Å²) < 4.78 is 0. The SMILES string of the molecule is Cc1cccc(CN(Cc2cccc(C)n2)Cc2cnc(N)s2)n1. The van der Waals surface area contributed by atoms with Gasteiger partial charge in [-0.25, -0.2) is 4.98 Å². The molecule has 3 heterocycles. The minimum absolute atomic E-state index is 0.604. The highest BCUT2D eigenvalue weighted by atomic mass is 32.1. The van der Waals surface area contributed by atoms with E-state index in [4.69, 9.17) is 5.73 Å². The average Bonchev–Trinajstić information content (AvgIpc) is 2.92. The van der Waals surface area contributed by atoms with Crippen LogP contribution in [0.3, 0.4) is 0 Å². The molecule has 124 valence electrons. The van der Waals surface area contributed by atoms with E-state index in [-0.39, 0.29) is 0 Å². The summed E-state index contributed by atoms with van der Waals surface area (Å²) in [6, 6.07) is 12.2. The quantitative estimate of drug-likeness (QED) is 0.746. The fraction of sp³-hybridized carbons (Fsp3) is 0.278. The van der Waals surface area contributed by atoms with E-state index in [1.54, 1.807) is 0 Å². The molecule has 0 unspecified atom stereocenters. The van der Waals surface area contributed by atoms with Gasteiger partial charge in [0.2, 0.25) is 0 Å². The minimum Gasteiger partial charge on any atom is -0.375 e. The zero-order valence-electron chi connectivity index (χ0n) is 13.9. The van der Waals surface area contributed by atoms with Gasteiger partial charge in [-0.3, -0.25) is 14.9 Å². The largest absolute Gasteiger partial charge is 0.375 e. The summed E-state index contributed by atoms with van der Waals surface area (Å²) in [5.74, 6) is 0. The van der Waals surface area contributed by atoms with Crippen LogP contribution in [0, 0.1) is 13.8 Å². The van der Waals surface area contributed by atoms with Gasteiger partial charge in [-0.05, 0) is 38.1 Å². The third kappa shape index (κ3) is 4.59.